The minimum Gasteiger partial charge on any atom is -0.493 e. The first kappa shape index (κ1) is 16.9. The number of hydrogen-bond acceptors (Lipinski definition) is 4. The summed E-state index contributed by atoms with van der Waals surface area (Å²) in [4.78, 5) is 11.6. The molecule has 0 amide bonds. The van der Waals surface area contributed by atoms with Gasteiger partial charge in [0.05, 0.1) is 6.61 Å². The molecule has 2 rings (SSSR count). The number of benzene rings is 2. The van der Waals surface area contributed by atoms with Gasteiger partial charge in [-0.15, -0.1) is 0 Å². The summed E-state index contributed by atoms with van der Waals surface area (Å²) in [5.41, 5.74) is 1.04. The molecule has 0 spiro atoms. The van der Waals surface area contributed by atoms with E-state index in [2.05, 4.69) is 0 Å². The van der Waals surface area contributed by atoms with Crippen molar-refractivity contribution >= 4 is 5.97 Å². The highest BCUT2D eigenvalue weighted by Crippen LogP contribution is 2.32. The molecule has 0 saturated carbocycles. The zero-order chi connectivity index (χ0) is 16.5. The number of hydrogen-bond donors (Lipinski definition) is 0. The summed E-state index contributed by atoms with van der Waals surface area (Å²) >= 11 is 0. The lowest BCUT2D eigenvalue weighted by molar-refractivity contribution is -0.134. The number of ether oxygens (including phenoxy) is 3. The predicted octanol–water partition coefficient (Wildman–Crippen LogP) is 4.37. The molecular formula is C19H22O4. The van der Waals surface area contributed by atoms with Gasteiger partial charge in [0.2, 0.25) is 0 Å². The maximum absolute atomic E-state index is 11.6. The zero-order valence-electron chi connectivity index (χ0n) is 13.6. The lowest BCUT2D eigenvalue weighted by Crippen LogP contribution is -2.07. The van der Waals surface area contributed by atoms with Crippen LogP contribution in [0.5, 0.6) is 17.2 Å². The first-order valence-electron chi connectivity index (χ1n) is 7.87. The lowest BCUT2D eigenvalue weighted by Gasteiger charge is -2.13. The van der Waals surface area contributed by atoms with Crippen LogP contribution in [0.2, 0.25) is 0 Å². The topological polar surface area (TPSA) is 44.8 Å². The maximum atomic E-state index is 11.6. The third kappa shape index (κ3) is 5.33. The summed E-state index contributed by atoms with van der Waals surface area (Å²) in [5, 5.41) is 0. The minimum atomic E-state index is -0.295. The molecule has 0 radical (unpaired) electrons. The summed E-state index contributed by atoms with van der Waals surface area (Å²) in [6.07, 6.45) is 1.24. The Kier molecular flexibility index (Phi) is 6.48. The van der Waals surface area contributed by atoms with E-state index in [1.807, 2.05) is 37.3 Å². The third-order valence-electron chi connectivity index (χ3n) is 3.14. The van der Waals surface area contributed by atoms with Crippen molar-refractivity contribution in [3.05, 3.63) is 54.1 Å². The molecule has 0 heterocycles. The molecule has 2 aromatic carbocycles. The summed E-state index contributed by atoms with van der Waals surface area (Å²) in [5.74, 6) is 1.32. The van der Waals surface area contributed by atoms with Crippen molar-refractivity contribution in [1.29, 1.82) is 0 Å². The van der Waals surface area contributed by atoms with Crippen LogP contribution in [0.15, 0.2) is 48.5 Å². The summed E-state index contributed by atoms with van der Waals surface area (Å²) in [6.45, 7) is 4.83. The maximum Gasteiger partial charge on any atom is 0.311 e. The molecule has 2 aromatic rings. The van der Waals surface area contributed by atoms with Gasteiger partial charge in [-0.1, -0.05) is 44.2 Å². The van der Waals surface area contributed by atoms with E-state index in [-0.39, 0.29) is 5.97 Å². The molecule has 0 aliphatic carbocycles. The molecule has 0 aliphatic heterocycles. The molecule has 0 fully saturated rings. The quantitative estimate of drug-likeness (QED) is 0.536. The molecule has 0 unspecified atom stereocenters. The number of rotatable bonds is 8. The van der Waals surface area contributed by atoms with Crippen LogP contribution in [0.4, 0.5) is 0 Å². The Morgan fingerprint density at radius 2 is 1.74 bits per heavy atom. The van der Waals surface area contributed by atoms with Crippen molar-refractivity contribution in [3.8, 4) is 17.2 Å². The standard InChI is InChI=1S/C19H22O4/c1-3-12-21-16-10-11-17(23-19(20)4-2)18(13-16)22-14-15-8-6-5-7-9-15/h5-11,13H,3-4,12,14H2,1-2H3. The fourth-order valence-corrected chi connectivity index (χ4v) is 1.93. The van der Waals surface area contributed by atoms with Gasteiger partial charge in [0.25, 0.3) is 0 Å². The second kappa shape index (κ2) is 8.83. The second-order valence-corrected chi connectivity index (χ2v) is 5.06. The van der Waals surface area contributed by atoms with E-state index in [9.17, 15) is 4.79 Å². The van der Waals surface area contributed by atoms with Crippen LogP contribution < -0.4 is 14.2 Å². The molecule has 4 heteroatoms. The molecule has 0 N–H and O–H groups in total. The Morgan fingerprint density at radius 3 is 2.43 bits per heavy atom. The number of carbonyl (C=O) groups is 1. The zero-order valence-corrected chi connectivity index (χ0v) is 13.6. The van der Waals surface area contributed by atoms with E-state index in [1.54, 1.807) is 25.1 Å². The van der Waals surface area contributed by atoms with Gasteiger partial charge in [-0.05, 0) is 24.1 Å². The van der Waals surface area contributed by atoms with E-state index >= 15 is 0 Å². The fourth-order valence-electron chi connectivity index (χ4n) is 1.93. The first-order valence-corrected chi connectivity index (χ1v) is 7.87. The Bertz CT molecular complexity index is 623. The first-order chi connectivity index (χ1) is 11.2. The molecule has 0 aliphatic rings. The van der Waals surface area contributed by atoms with Crippen molar-refractivity contribution in [2.75, 3.05) is 6.61 Å². The third-order valence-corrected chi connectivity index (χ3v) is 3.14. The van der Waals surface area contributed by atoms with Crippen molar-refractivity contribution < 1.29 is 19.0 Å². The van der Waals surface area contributed by atoms with Gasteiger partial charge in [-0.2, -0.15) is 0 Å². The second-order valence-electron chi connectivity index (χ2n) is 5.06. The summed E-state index contributed by atoms with van der Waals surface area (Å²) in [7, 11) is 0. The Balaban J connectivity index is 2.15. The SMILES string of the molecule is CCCOc1ccc(OC(=O)CC)c(OCc2ccccc2)c1. The normalized spacial score (nSPS) is 10.2. The van der Waals surface area contributed by atoms with Gasteiger partial charge >= 0.3 is 5.97 Å². The van der Waals surface area contributed by atoms with Crippen LogP contribution in [0.25, 0.3) is 0 Å². The van der Waals surface area contributed by atoms with Crippen LogP contribution >= 0.6 is 0 Å². The highest BCUT2D eigenvalue weighted by atomic mass is 16.6. The van der Waals surface area contributed by atoms with Crippen molar-refractivity contribution in [1.82, 2.24) is 0 Å². The van der Waals surface area contributed by atoms with Gasteiger partial charge in [0, 0.05) is 12.5 Å². The molecule has 0 bridgehead atoms. The van der Waals surface area contributed by atoms with Gasteiger partial charge in [-0.3, -0.25) is 4.79 Å². The molecule has 4 nitrogen and oxygen atoms in total. The van der Waals surface area contributed by atoms with Crippen LogP contribution in [0.3, 0.4) is 0 Å². The fraction of sp³-hybridized carbons (Fsp3) is 0.316. The molecule has 0 saturated heterocycles. The largest absolute Gasteiger partial charge is 0.493 e. The van der Waals surface area contributed by atoms with Gasteiger partial charge in [0.15, 0.2) is 11.5 Å². The summed E-state index contributed by atoms with van der Waals surface area (Å²) in [6, 6.07) is 15.1. The molecule has 0 atom stereocenters. The Labute approximate surface area is 137 Å². The average Bonchev–Trinajstić information content (AvgIpc) is 2.60. The van der Waals surface area contributed by atoms with Gasteiger partial charge in [-0.25, -0.2) is 0 Å². The number of carbonyl (C=O) groups excluding carboxylic acids is 1. The molecule has 23 heavy (non-hydrogen) atoms. The van der Waals surface area contributed by atoms with Gasteiger partial charge < -0.3 is 14.2 Å². The van der Waals surface area contributed by atoms with E-state index in [4.69, 9.17) is 14.2 Å². The van der Waals surface area contributed by atoms with Crippen LogP contribution in [0, 0.1) is 0 Å². The minimum absolute atomic E-state index is 0.295. The summed E-state index contributed by atoms with van der Waals surface area (Å²) < 4.78 is 16.8. The van der Waals surface area contributed by atoms with Crippen LogP contribution in [0.1, 0.15) is 32.3 Å². The van der Waals surface area contributed by atoms with Crippen molar-refractivity contribution in [3.63, 3.8) is 0 Å². The van der Waals surface area contributed by atoms with E-state index in [0.29, 0.717) is 36.9 Å². The van der Waals surface area contributed by atoms with Crippen LogP contribution in [-0.2, 0) is 11.4 Å². The van der Waals surface area contributed by atoms with Crippen LogP contribution in [-0.4, -0.2) is 12.6 Å². The highest BCUT2D eigenvalue weighted by Gasteiger charge is 2.11. The monoisotopic (exact) mass is 314 g/mol. The lowest BCUT2D eigenvalue weighted by atomic mass is 10.2. The van der Waals surface area contributed by atoms with E-state index in [0.717, 1.165) is 12.0 Å². The Hall–Kier alpha value is -2.49. The average molecular weight is 314 g/mol. The molecular weight excluding hydrogens is 292 g/mol. The van der Waals surface area contributed by atoms with Crippen molar-refractivity contribution in [2.24, 2.45) is 0 Å². The van der Waals surface area contributed by atoms with Gasteiger partial charge in [0.1, 0.15) is 12.4 Å². The van der Waals surface area contributed by atoms with E-state index < -0.39 is 0 Å². The predicted molar refractivity (Wildman–Crippen MR) is 88.9 cm³/mol. The number of esters is 1. The highest BCUT2D eigenvalue weighted by molar-refractivity contribution is 5.73. The molecule has 0 aromatic heterocycles. The Morgan fingerprint density at radius 1 is 0.957 bits per heavy atom. The van der Waals surface area contributed by atoms with Crippen molar-refractivity contribution in [2.45, 2.75) is 33.3 Å². The molecule has 122 valence electrons. The smallest absolute Gasteiger partial charge is 0.311 e. The van der Waals surface area contributed by atoms with E-state index in [1.165, 1.54) is 0 Å².